The van der Waals surface area contributed by atoms with Crippen LogP contribution >= 0.6 is 11.6 Å². The van der Waals surface area contributed by atoms with Crippen molar-refractivity contribution in [3.8, 4) is 0 Å². The third-order valence-electron chi connectivity index (χ3n) is 1.95. The number of hydrogen-bond acceptors (Lipinski definition) is 5. The Balaban J connectivity index is 2.11. The van der Waals surface area contributed by atoms with Crippen molar-refractivity contribution >= 4 is 21.6 Å². The van der Waals surface area contributed by atoms with Gasteiger partial charge in [-0.1, -0.05) is 0 Å². The standard InChI is InChI=1S/C9H8ClN3O3S/c10-9-11-4-8(5-12-9)17(14,15)13-3-7-1-2-16-6-7/h1-2,4-6,13H,3H2. The van der Waals surface area contributed by atoms with Crippen molar-refractivity contribution in [3.63, 3.8) is 0 Å². The Morgan fingerprint density at radius 3 is 2.65 bits per heavy atom. The Morgan fingerprint density at radius 2 is 2.06 bits per heavy atom. The van der Waals surface area contributed by atoms with Gasteiger partial charge in [0.15, 0.2) is 0 Å². The first-order chi connectivity index (χ1) is 8.08. The van der Waals surface area contributed by atoms with E-state index in [1.807, 2.05) is 0 Å². The van der Waals surface area contributed by atoms with E-state index in [-0.39, 0.29) is 16.7 Å². The summed E-state index contributed by atoms with van der Waals surface area (Å²) in [5.74, 6) is 0. The summed E-state index contributed by atoms with van der Waals surface area (Å²) in [6.45, 7) is 0.140. The van der Waals surface area contributed by atoms with Gasteiger partial charge in [0.2, 0.25) is 15.3 Å². The molecule has 0 saturated carbocycles. The monoisotopic (exact) mass is 273 g/mol. The molecular weight excluding hydrogens is 266 g/mol. The summed E-state index contributed by atoms with van der Waals surface area (Å²) in [7, 11) is -3.63. The van der Waals surface area contributed by atoms with E-state index in [2.05, 4.69) is 14.7 Å². The van der Waals surface area contributed by atoms with Gasteiger partial charge in [0, 0.05) is 12.1 Å². The number of rotatable bonds is 4. The van der Waals surface area contributed by atoms with E-state index >= 15 is 0 Å². The molecule has 2 rings (SSSR count). The first kappa shape index (κ1) is 12.0. The van der Waals surface area contributed by atoms with Gasteiger partial charge < -0.3 is 4.42 Å². The van der Waals surface area contributed by atoms with Gasteiger partial charge in [0.25, 0.3) is 0 Å². The van der Waals surface area contributed by atoms with Crippen LogP contribution in [0.15, 0.2) is 40.3 Å². The van der Waals surface area contributed by atoms with Crippen LogP contribution in [0.4, 0.5) is 0 Å². The quantitative estimate of drug-likeness (QED) is 0.846. The van der Waals surface area contributed by atoms with Crippen LogP contribution in [0.1, 0.15) is 5.56 Å². The van der Waals surface area contributed by atoms with Crippen molar-refractivity contribution in [2.24, 2.45) is 0 Å². The molecule has 0 aromatic carbocycles. The molecule has 17 heavy (non-hydrogen) atoms. The summed E-state index contributed by atoms with van der Waals surface area (Å²) in [6, 6.07) is 1.67. The minimum Gasteiger partial charge on any atom is -0.472 e. The average Bonchev–Trinajstić information content (AvgIpc) is 2.80. The molecule has 1 N–H and O–H groups in total. The molecule has 0 aliphatic heterocycles. The van der Waals surface area contributed by atoms with Crippen molar-refractivity contribution in [1.29, 1.82) is 0 Å². The van der Waals surface area contributed by atoms with Crippen molar-refractivity contribution in [1.82, 2.24) is 14.7 Å². The van der Waals surface area contributed by atoms with E-state index < -0.39 is 10.0 Å². The van der Waals surface area contributed by atoms with Crippen molar-refractivity contribution < 1.29 is 12.8 Å². The number of halogens is 1. The van der Waals surface area contributed by atoms with Gasteiger partial charge in [-0.3, -0.25) is 0 Å². The van der Waals surface area contributed by atoms with Crippen molar-refractivity contribution in [2.45, 2.75) is 11.4 Å². The molecule has 8 heteroatoms. The maximum absolute atomic E-state index is 11.8. The molecule has 0 fully saturated rings. The lowest BCUT2D eigenvalue weighted by Gasteiger charge is -2.04. The maximum atomic E-state index is 11.8. The second kappa shape index (κ2) is 4.82. The van der Waals surface area contributed by atoms with E-state index in [1.54, 1.807) is 6.07 Å². The third-order valence-corrected chi connectivity index (χ3v) is 3.50. The molecular formula is C9H8ClN3O3S. The smallest absolute Gasteiger partial charge is 0.243 e. The summed E-state index contributed by atoms with van der Waals surface area (Å²) in [5.41, 5.74) is 0.725. The maximum Gasteiger partial charge on any atom is 0.243 e. The number of hydrogen-bond donors (Lipinski definition) is 1. The van der Waals surface area contributed by atoms with Gasteiger partial charge in [-0.05, 0) is 17.7 Å². The zero-order valence-corrected chi connectivity index (χ0v) is 10.1. The lowest BCUT2D eigenvalue weighted by Crippen LogP contribution is -2.23. The Hall–Kier alpha value is -1.44. The normalized spacial score (nSPS) is 11.6. The largest absolute Gasteiger partial charge is 0.472 e. The molecule has 90 valence electrons. The molecule has 0 spiro atoms. The van der Waals surface area contributed by atoms with Gasteiger partial charge in [0.1, 0.15) is 4.90 Å². The van der Waals surface area contributed by atoms with E-state index in [1.165, 1.54) is 12.5 Å². The Labute approximate surface area is 103 Å². The molecule has 0 amide bonds. The third kappa shape index (κ3) is 3.02. The van der Waals surface area contributed by atoms with E-state index in [0.29, 0.717) is 0 Å². The number of aromatic nitrogens is 2. The summed E-state index contributed by atoms with van der Waals surface area (Å²) >= 11 is 5.47. The Kier molecular flexibility index (Phi) is 3.41. The van der Waals surface area contributed by atoms with Crippen molar-refractivity contribution in [3.05, 3.63) is 41.8 Å². The highest BCUT2D eigenvalue weighted by Crippen LogP contribution is 2.08. The fraction of sp³-hybridized carbons (Fsp3) is 0.111. The lowest BCUT2D eigenvalue weighted by molar-refractivity contribution is 0.561. The van der Waals surface area contributed by atoms with Crippen LogP contribution in [0.3, 0.4) is 0 Å². The number of furan rings is 1. The van der Waals surface area contributed by atoms with Crippen molar-refractivity contribution in [2.75, 3.05) is 0 Å². The first-order valence-corrected chi connectivity index (χ1v) is 6.42. The van der Waals surface area contributed by atoms with Gasteiger partial charge in [-0.25, -0.2) is 23.1 Å². The van der Waals surface area contributed by atoms with Crippen LogP contribution in [-0.4, -0.2) is 18.4 Å². The highest BCUT2D eigenvalue weighted by atomic mass is 35.5. The van der Waals surface area contributed by atoms with Gasteiger partial charge >= 0.3 is 0 Å². The van der Waals surface area contributed by atoms with E-state index in [4.69, 9.17) is 16.0 Å². The zero-order valence-electron chi connectivity index (χ0n) is 8.50. The molecule has 6 nitrogen and oxygen atoms in total. The van der Waals surface area contributed by atoms with Crippen LogP contribution in [0, 0.1) is 0 Å². The molecule has 0 radical (unpaired) electrons. The second-order valence-corrected chi connectivity index (χ2v) is 5.25. The molecule has 0 saturated heterocycles. The van der Waals surface area contributed by atoms with Crippen LogP contribution in [0.5, 0.6) is 0 Å². The number of sulfonamides is 1. The van der Waals surface area contributed by atoms with E-state index in [0.717, 1.165) is 18.0 Å². The molecule has 0 aliphatic carbocycles. The Morgan fingerprint density at radius 1 is 1.35 bits per heavy atom. The summed E-state index contributed by atoms with van der Waals surface area (Å²) in [4.78, 5) is 7.18. The van der Waals surface area contributed by atoms with Crippen LogP contribution in [0.25, 0.3) is 0 Å². The van der Waals surface area contributed by atoms with Gasteiger partial charge in [-0.2, -0.15) is 0 Å². The molecule has 0 atom stereocenters. The SMILES string of the molecule is O=S(=O)(NCc1ccoc1)c1cnc(Cl)nc1. The second-order valence-electron chi connectivity index (χ2n) is 3.14. The van der Waals surface area contributed by atoms with Crippen LogP contribution in [0.2, 0.25) is 5.28 Å². The van der Waals surface area contributed by atoms with Gasteiger partial charge in [0.05, 0.1) is 24.9 Å². The zero-order chi connectivity index (χ0) is 12.3. The minimum atomic E-state index is -3.63. The number of nitrogens with one attached hydrogen (secondary N) is 1. The topological polar surface area (TPSA) is 85.1 Å². The minimum absolute atomic E-state index is 0.00113. The summed E-state index contributed by atoms with van der Waals surface area (Å²) < 4.78 is 30.8. The molecule has 2 heterocycles. The molecule has 0 aliphatic rings. The summed E-state index contributed by atoms with van der Waals surface area (Å²) in [5, 5.41) is -0.00113. The first-order valence-electron chi connectivity index (χ1n) is 4.56. The predicted octanol–water partition coefficient (Wildman–Crippen LogP) is 1.20. The van der Waals surface area contributed by atoms with Crippen LogP contribution < -0.4 is 4.72 Å². The summed E-state index contributed by atoms with van der Waals surface area (Å²) in [6.07, 6.45) is 5.22. The lowest BCUT2D eigenvalue weighted by atomic mass is 10.4. The van der Waals surface area contributed by atoms with E-state index in [9.17, 15) is 8.42 Å². The molecule has 0 unspecified atom stereocenters. The molecule has 0 bridgehead atoms. The predicted molar refractivity (Wildman–Crippen MR) is 59.8 cm³/mol. The highest BCUT2D eigenvalue weighted by Gasteiger charge is 2.14. The number of nitrogens with zero attached hydrogens (tertiary/aromatic N) is 2. The highest BCUT2D eigenvalue weighted by molar-refractivity contribution is 7.89. The van der Waals surface area contributed by atoms with Gasteiger partial charge in [-0.15, -0.1) is 0 Å². The fourth-order valence-corrected chi connectivity index (χ4v) is 2.10. The fourth-order valence-electron chi connectivity index (χ4n) is 1.09. The molecule has 2 aromatic heterocycles. The van der Waals surface area contributed by atoms with Crippen LogP contribution in [-0.2, 0) is 16.6 Å². The Bertz CT molecular complexity index is 580. The average molecular weight is 274 g/mol. The molecule has 2 aromatic rings.